The van der Waals surface area contributed by atoms with Gasteiger partial charge in [0.1, 0.15) is 17.0 Å². The average Bonchev–Trinajstić information content (AvgIpc) is 3.29. The predicted octanol–water partition coefficient (Wildman–Crippen LogP) is 3.38. The molecule has 0 spiro atoms. The van der Waals surface area contributed by atoms with Crippen molar-refractivity contribution in [2.75, 3.05) is 7.11 Å². The normalized spacial score (nSPS) is 11.3. The predicted molar refractivity (Wildman–Crippen MR) is 125 cm³/mol. The van der Waals surface area contributed by atoms with Crippen LogP contribution in [0.2, 0.25) is 0 Å². The van der Waals surface area contributed by atoms with Gasteiger partial charge in [0.2, 0.25) is 0 Å². The molecule has 166 valence electrons. The third-order valence-corrected chi connectivity index (χ3v) is 6.99. The lowest BCUT2D eigenvalue weighted by molar-refractivity contribution is 0.0597. The molecular weight excluding hydrogens is 430 g/mol. The standard InChI is InChI=1S/C23H23N3O5S/c1-10-7-8-13(9-11(10)2)17-15(19-18(27)14(12(3)32-19)22(29)31-6)16-20(24-17)25(4)23(30)26(5)21(16)28/h7-9,24,27H,1-6H3. The van der Waals surface area contributed by atoms with Crippen LogP contribution in [0.25, 0.3) is 32.7 Å². The summed E-state index contributed by atoms with van der Waals surface area (Å²) in [5, 5.41) is 11.3. The number of rotatable bonds is 3. The van der Waals surface area contributed by atoms with Crippen LogP contribution in [0.15, 0.2) is 27.8 Å². The summed E-state index contributed by atoms with van der Waals surface area (Å²) in [7, 11) is 4.24. The van der Waals surface area contributed by atoms with Gasteiger partial charge < -0.3 is 14.8 Å². The average molecular weight is 454 g/mol. The number of nitrogens with one attached hydrogen (secondary N) is 1. The number of fused-ring (bicyclic) bond motifs is 1. The second kappa shape index (κ2) is 7.52. The number of hydrogen-bond acceptors (Lipinski definition) is 6. The monoisotopic (exact) mass is 453 g/mol. The lowest BCUT2D eigenvalue weighted by atomic mass is 10.00. The van der Waals surface area contributed by atoms with Gasteiger partial charge in [0.05, 0.1) is 23.1 Å². The lowest BCUT2D eigenvalue weighted by Gasteiger charge is -2.07. The van der Waals surface area contributed by atoms with Crippen molar-refractivity contribution in [1.82, 2.24) is 14.1 Å². The zero-order chi connectivity index (χ0) is 23.5. The minimum absolute atomic E-state index is 0.0644. The fraction of sp³-hybridized carbons (Fsp3) is 0.261. The summed E-state index contributed by atoms with van der Waals surface area (Å²) in [6.07, 6.45) is 0. The van der Waals surface area contributed by atoms with Gasteiger partial charge in [0, 0.05) is 24.5 Å². The van der Waals surface area contributed by atoms with Crippen molar-refractivity contribution in [3.8, 4) is 27.4 Å². The number of hydrogen-bond donors (Lipinski definition) is 2. The van der Waals surface area contributed by atoms with E-state index in [9.17, 15) is 19.5 Å². The molecule has 0 fully saturated rings. The number of esters is 1. The zero-order valence-electron chi connectivity index (χ0n) is 18.6. The molecule has 3 aromatic heterocycles. The van der Waals surface area contributed by atoms with Gasteiger partial charge in [0.25, 0.3) is 5.56 Å². The summed E-state index contributed by atoms with van der Waals surface area (Å²) in [6, 6.07) is 5.86. The van der Waals surface area contributed by atoms with Crippen LogP contribution in [0.4, 0.5) is 0 Å². The molecule has 0 radical (unpaired) electrons. The van der Waals surface area contributed by atoms with E-state index in [1.807, 2.05) is 32.0 Å². The Bertz CT molecular complexity index is 1530. The first-order valence-electron chi connectivity index (χ1n) is 9.88. The zero-order valence-corrected chi connectivity index (χ0v) is 19.4. The number of aromatic hydroxyl groups is 1. The molecule has 1 aromatic carbocycles. The van der Waals surface area contributed by atoms with Crippen molar-refractivity contribution < 1.29 is 14.6 Å². The Balaban J connectivity index is 2.21. The third-order valence-electron chi connectivity index (χ3n) is 5.88. The molecule has 3 heterocycles. The molecule has 8 nitrogen and oxygen atoms in total. The van der Waals surface area contributed by atoms with Gasteiger partial charge >= 0.3 is 11.7 Å². The summed E-state index contributed by atoms with van der Waals surface area (Å²) in [5.74, 6) is -0.906. The number of thiophene rings is 1. The van der Waals surface area contributed by atoms with Crippen LogP contribution in [0.3, 0.4) is 0 Å². The fourth-order valence-corrected chi connectivity index (χ4v) is 5.00. The topological polar surface area (TPSA) is 106 Å². The van der Waals surface area contributed by atoms with E-state index in [0.29, 0.717) is 26.7 Å². The molecule has 0 bridgehead atoms. The van der Waals surface area contributed by atoms with E-state index < -0.39 is 17.2 Å². The molecule has 32 heavy (non-hydrogen) atoms. The highest BCUT2D eigenvalue weighted by atomic mass is 32.1. The largest absolute Gasteiger partial charge is 0.505 e. The van der Waals surface area contributed by atoms with Gasteiger partial charge in [-0.05, 0) is 43.5 Å². The van der Waals surface area contributed by atoms with E-state index >= 15 is 0 Å². The molecule has 2 N–H and O–H groups in total. The molecule has 9 heteroatoms. The number of aromatic amines is 1. The van der Waals surface area contributed by atoms with E-state index in [-0.39, 0.29) is 16.7 Å². The maximum absolute atomic E-state index is 13.2. The van der Waals surface area contributed by atoms with E-state index in [4.69, 9.17) is 4.74 Å². The van der Waals surface area contributed by atoms with Gasteiger partial charge in [-0.1, -0.05) is 12.1 Å². The summed E-state index contributed by atoms with van der Waals surface area (Å²) >= 11 is 1.19. The van der Waals surface area contributed by atoms with Gasteiger partial charge in [-0.25, -0.2) is 9.59 Å². The quantitative estimate of drug-likeness (QED) is 0.463. The van der Waals surface area contributed by atoms with Crippen LogP contribution in [-0.2, 0) is 18.8 Å². The first kappa shape index (κ1) is 21.6. The molecule has 0 aliphatic rings. The van der Waals surface area contributed by atoms with Crippen molar-refractivity contribution in [3.05, 3.63) is 60.6 Å². The second-order valence-corrected chi connectivity index (χ2v) is 9.03. The summed E-state index contributed by atoms with van der Waals surface area (Å²) < 4.78 is 7.22. The number of benzene rings is 1. The molecule has 4 rings (SSSR count). The van der Waals surface area contributed by atoms with E-state index in [1.165, 1.54) is 30.1 Å². The molecule has 4 aromatic rings. The van der Waals surface area contributed by atoms with E-state index in [0.717, 1.165) is 21.3 Å². The Labute approximate surface area is 187 Å². The third kappa shape index (κ3) is 3.00. The Morgan fingerprint density at radius 3 is 2.41 bits per heavy atom. The van der Waals surface area contributed by atoms with Crippen LogP contribution < -0.4 is 11.2 Å². The summed E-state index contributed by atoms with van der Waals surface area (Å²) in [6.45, 7) is 5.69. The molecule has 0 aliphatic heterocycles. The van der Waals surface area contributed by atoms with Crippen LogP contribution in [0.5, 0.6) is 5.75 Å². The Hall–Kier alpha value is -3.59. The van der Waals surface area contributed by atoms with Crippen LogP contribution in [0.1, 0.15) is 26.4 Å². The van der Waals surface area contributed by atoms with Gasteiger partial charge in [-0.2, -0.15) is 0 Å². The minimum atomic E-state index is -0.657. The van der Waals surface area contributed by atoms with Gasteiger partial charge in [-0.15, -0.1) is 11.3 Å². The molecule has 0 amide bonds. The smallest absolute Gasteiger partial charge is 0.342 e. The molecule has 0 saturated heterocycles. The lowest BCUT2D eigenvalue weighted by Crippen LogP contribution is -2.36. The highest BCUT2D eigenvalue weighted by molar-refractivity contribution is 7.16. The maximum atomic E-state index is 13.2. The van der Waals surface area contributed by atoms with E-state index in [1.54, 1.807) is 14.0 Å². The molecule has 0 atom stereocenters. The summed E-state index contributed by atoms with van der Waals surface area (Å²) in [4.78, 5) is 42.2. The Morgan fingerprint density at radius 2 is 1.78 bits per heavy atom. The number of carbonyl (C=O) groups excluding carboxylic acids is 1. The number of aromatic nitrogens is 3. The molecule has 0 saturated carbocycles. The first-order chi connectivity index (χ1) is 15.1. The molecule has 0 unspecified atom stereocenters. The van der Waals surface area contributed by atoms with Crippen LogP contribution in [-0.4, -0.2) is 32.3 Å². The number of ether oxygens (including phenoxy) is 1. The highest BCUT2D eigenvalue weighted by Crippen LogP contribution is 2.47. The SMILES string of the molecule is COC(=O)c1c(C)sc(-c2c(-c3ccc(C)c(C)c3)[nH]c3c2c(=O)n(C)c(=O)n3C)c1O. The van der Waals surface area contributed by atoms with Crippen LogP contribution in [0, 0.1) is 20.8 Å². The number of nitrogens with zero attached hydrogens (tertiary/aromatic N) is 2. The molecular formula is C23H23N3O5S. The first-order valence-corrected chi connectivity index (χ1v) is 10.7. The van der Waals surface area contributed by atoms with E-state index in [2.05, 4.69) is 4.98 Å². The fourth-order valence-electron chi connectivity index (χ4n) is 3.91. The number of H-pyrrole nitrogens is 1. The number of aryl methyl sites for hydroxylation is 4. The van der Waals surface area contributed by atoms with Gasteiger partial charge in [0.15, 0.2) is 0 Å². The van der Waals surface area contributed by atoms with Gasteiger partial charge in [-0.3, -0.25) is 13.9 Å². The highest BCUT2D eigenvalue weighted by Gasteiger charge is 2.29. The summed E-state index contributed by atoms with van der Waals surface area (Å²) in [5.41, 5.74) is 3.42. The maximum Gasteiger partial charge on any atom is 0.342 e. The number of carbonyl (C=O) groups is 1. The van der Waals surface area contributed by atoms with Crippen molar-refractivity contribution in [2.45, 2.75) is 20.8 Å². The number of methoxy groups -OCH3 is 1. The minimum Gasteiger partial charge on any atom is -0.505 e. The van der Waals surface area contributed by atoms with Crippen molar-refractivity contribution in [3.63, 3.8) is 0 Å². The molecule has 0 aliphatic carbocycles. The Kier molecular flexibility index (Phi) is 5.09. The Morgan fingerprint density at radius 1 is 1.09 bits per heavy atom. The van der Waals surface area contributed by atoms with Crippen molar-refractivity contribution in [2.24, 2.45) is 14.1 Å². The van der Waals surface area contributed by atoms with Crippen LogP contribution >= 0.6 is 11.3 Å². The van der Waals surface area contributed by atoms with Crippen molar-refractivity contribution >= 4 is 28.3 Å². The second-order valence-electron chi connectivity index (χ2n) is 7.81. The van der Waals surface area contributed by atoms with Crippen molar-refractivity contribution in [1.29, 1.82) is 0 Å².